The molecule has 1 aliphatic heterocycles. The van der Waals surface area contributed by atoms with Crippen molar-refractivity contribution in [3.05, 3.63) is 18.0 Å². The second-order valence-corrected chi connectivity index (χ2v) is 7.96. The molecule has 3 rings (SSSR count). The molecular weight excluding hydrogens is 300 g/mol. The highest BCUT2D eigenvalue weighted by molar-refractivity contribution is 5.10. The fourth-order valence-electron chi connectivity index (χ4n) is 4.66. The van der Waals surface area contributed by atoms with E-state index in [2.05, 4.69) is 42.4 Å². The van der Waals surface area contributed by atoms with E-state index in [1.54, 1.807) is 0 Å². The van der Waals surface area contributed by atoms with Gasteiger partial charge in [0.1, 0.15) is 0 Å². The highest BCUT2D eigenvalue weighted by Gasteiger charge is 2.38. The van der Waals surface area contributed by atoms with Crippen LogP contribution in [0.1, 0.15) is 57.2 Å². The van der Waals surface area contributed by atoms with Gasteiger partial charge in [0.05, 0.1) is 17.3 Å². The molecule has 0 radical (unpaired) electrons. The average Bonchev–Trinajstić information content (AvgIpc) is 2.94. The first-order valence-electron chi connectivity index (χ1n) is 9.51. The van der Waals surface area contributed by atoms with Crippen molar-refractivity contribution in [3.63, 3.8) is 0 Å². The van der Waals surface area contributed by atoms with E-state index >= 15 is 0 Å². The van der Waals surface area contributed by atoms with Gasteiger partial charge in [-0.2, -0.15) is 5.10 Å². The molecule has 1 N–H and O–H groups in total. The molecule has 1 unspecified atom stereocenters. The first kappa shape index (κ1) is 17.9. The summed E-state index contributed by atoms with van der Waals surface area (Å²) in [7, 11) is 6.19. The van der Waals surface area contributed by atoms with Crippen LogP contribution in [0.3, 0.4) is 0 Å². The van der Waals surface area contributed by atoms with Crippen molar-refractivity contribution < 1.29 is 4.74 Å². The predicted molar refractivity (Wildman–Crippen MR) is 97.0 cm³/mol. The average molecular weight is 335 g/mol. The van der Waals surface area contributed by atoms with Crippen LogP contribution >= 0.6 is 0 Å². The number of hydrogen-bond acceptors (Lipinski definition) is 4. The Balaban J connectivity index is 1.59. The highest BCUT2D eigenvalue weighted by atomic mass is 16.5. The number of likely N-dealkylation sites (tertiary alicyclic amines) is 1. The quantitative estimate of drug-likeness (QED) is 0.832. The van der Waals surface area contributed by atoms with Gasteiger partial charge in [0.2, 0.25) is 0 Å². The normalized spacial score (nSPS) is 28.5. The van der Waals surface area contributed by atoms with Gasteiger partial charge in [-0.3, -0.25) is 9.58 Å². The largest absolute Gasteiger partial charge is 0.378 e. The molecule has 0 spiro atoms. The molecule has 2 heterocycles. The summed E-state index contributed by atoms with van der Waals surface area (Å²) in [6.07, 6.45) is 9.38. The van der Waals surface area contributed by atoms with Crippen LogP contribution in [0.15, 0.2) is 12.3 Å². The SMILES string of the molecule is COC1(CC(C)NC[C@@H]2CCCN(C)[C@H]2c2ccnn2C)CCC1. The topological polar surface area (TPSA) is 42.3 Å². The number of ether oxygens (including phenoxy) is 1. The van der Waals surface area contributed by atoms with E-state index in [0.29, 0.717) is 18.0 Å². The molecule has 5 heteroatoms. The summed E-state index contributed by atoms with van der Waals surface area (Å²) < 4.78 is 7.83. The summed E-state index contributed by atoms with van der Waals surface area (Å²) in [5.74, 6) is 0.640. The van der Waals surface area contributed by atoms with Crippen molar-refractivity contribution in [3.8, 4) is 0 Å². The number of methoxy groups -OCH3 is 1. The van der Waals surface area contributed by atoms with Crippen molar-refractivity contribution in [1.82, 2.24) is 20.0 Å². The summed E-state index contributed by atoms with van der Waals surface area (Å²) in [5, 5.41) is 8.19. The van der Waals surface area contributed by atoms with Crippen LogP contribution in [0, 0.1) is 5.92 Å². The van der Waals surface area contributed by atoms with Gasteiger partial charge in [-0.25, -0.2) is 0 Å². The van der Waals surface area contributed by atoms with E-state index in [1.807, 2.05) is 18.0 Å². The van der Waals surface area contributed by atoms with Crippen LogP contribution in [0.4, 0.5) is 0 Å². The van der Waals surface area contributed by atoms with Gasteiger partial charge in [0.25, 0.3) is 0 Å². The summed E-state index contributed by atoms with van der Waals surface area (Å²) in [6.45, 7) is 4.56. The molecule has 1 aromatic rings. The Labute approximate surface area is 146 Å². The lowest BCUT2D eigenvalue weighted by atomic mass is 9.76. The molecule has 24 heavy (non-hydrogen) atoms. The molecule has 1 saturated heterocycles. The van der Waals surface area contributed by atoms with E-state index < -0.39 is 0 Å². The van der Waals surface area contributed by atoms with Gasteiger partial charge in [0.15, 0.2) is 0 Å². The first-order chi connectivity index (χ1) is 11.5. The van der Waals surface area contributed by atoms with Crippen molar-refractivity contribution >= 4 is 0 Å². The molecule has 1 saturated carbocycles. The second-order valence-electron chi connectivity index (χ2n) is 7.96. The number of aryl methyl sites for hydroxylation is 1. The van der Waals surface area contributed by atoms with E-state index in [1.165, 1.54) is 44.3 Å². The van der Waals surface area contributed by atoms with E-state index in [4.69, 9.17) is 4.74 Å². The van der Waals surface area contributed by atoms with Crippen LogP contribution < -0.4 is 5.32 Å². The van der Waals surface area contributed by atoms with E-state index in [9.17, 15) is 0 Å². The Kier molecular flexibility index (Phi) is 5.63. The van der Waals surface area contributed by atoms with Crippen LogP contribution in [-0.4, -0.2) is 53.6 Å². The van der Waals surface area contributed by atoms with Gasteiger partial charge in [-0.1, -0.05) is 0 Å². The third kappa shape index (κ3) is 3.68. The Bertz CT molecular complexity index is 520. The molecule has 2 fully saturated rings. The molecule has 0 bridgehead atoms. The lowest BCUT2D eigenvalue weighted by Crippen LogP contribution is -2.47. The Morgan fingerprint density at radius 2 is 2.17 bits per heavy atom. The molecule has 3 atom stereocenters. The van der Waals surface area contributed by atoms with Gasteiger partial charge < -0.3 is 10.1 Å². The fourth-order valence-corrected chi connectivity index (χ4v) is 4.66. The Hall–Kier alpha value is -0.910. The van der Waals surface area contributed by atoms with Crippen LogP contribution in [0.5, 0.6) is 0 Å². The van der Waals surface area contributed by atoms with Crippen molar-refractivity contribution in [1.29, 1.82) is 0 Å². The summed E-state index contributed by atoms with van der Waals surface area (Å²) >= 11 is 0. The van der Waals surface area contributed by atoms with Gasteiger partial charge in [-0.05, 0) is 71.0 Å². The second kappa shape index (κ2) is 7.54. The molecule has 0 amide bonds. The monoisotopic (exact) mass is 334 g/mol. The zero-order valence-electron chi connectivity index (χ0n) is 15.8. The Morgan fingerprint density at radius 1 is 1.38 bits per heavy atom. The molecule has 136 valence electrons. The number of hydrogen-bond donors (Lipinski definition) is 1. The van der Waals surface area contributed by atoms with Crippen LogP contribution in [-0.2, 0) is 11.8 Å². The zero-order chi connectivity index (χ0) is 17.2. The van der Waals surface area contributed by atoms with Crippen LogP contribution in [0.25, 0.3) is 0 Å². The molecule has 5 nitrogen and oxygen atoms in total. The third-order valence-electron chi connectivity index (χ3n) is 6.27. The maximum atomic E-state index is 5.79. The smallest absolute Gasteiger partial charge is 0.0693 e. The Morgan fingerprint density at radius 3 is 2.75 bits per heavy atom. The number of rotatable bonds is 7. The molecule has 0 aromatic carbocycles. The summed E-state index contributed by atoms with van der Waals surface area (Å²) in [5.41, 5.74) is 1.49. The fraction of sp³-hybridized carbons (Fsp3) is 0.842. The lowest BCUT2D eigenvalue weighted by molar-refractivity contribution is -0.0827. The van der Waals surface area contributed by atoms with Crippen LogP contribution in [0.2, 0.25) is 0 Å². The predicted octanol–water partition coefficient (Wildman–Crippen LogP) is 2.74. The standard InChI is InChI=1S/C19H34N4O/c1-15(13-19(24-4)9-6-10-19)20-14-16-7-5-12-22(2)18(16)17-8-11-21-23(17)3/h8,11,15-16,18,20H,5-7,9-10,12-14H2,1-4H3/t15?,16-,18+/m0/s1. The molecule has 2 aliphatic rings. The van der Waals surface area contributed by atoms with Gasteiger partial charge in [-0.15, -0.1) is 0 Å². The highest BCUT2D eigenvalue weighted by Crippen LogP contribution is 2.39. The van der Waals surface area contributed by atoms with Gasteiger partial charge in [0, 0.05) is 32.9 Å². The number of aromatic nitrogens is 2. The van der Waals surface area contributed by atoms with E-state index in [0.717, 1.165) is 13.0 Å². The number of nitrogens with zero attached hydrogens (tertiary/aromatic N) is 3. The lowest BCUT2D eigenvalue weighted by Gasteiger charge is -2.43. The molecule has 1 aliphatic carbocycles. The maximum absolute atomic E-state index is 5.79. The third-order valence-corrected chi connectivity index (χ3v) is 6.27. The minimum Gasteiger partial charge on any atom is -0.378 e. The maximum Gasteiger partial charge on any atom is 0.0693 e. The molecular formula is C19H34N4O. The molecule has 1 aromatic heterocycles. The number of nitrogens with one attached hydrogen (secondary N) is 1. The number of piperidine rings is 1. The van der Waals surface area contributed by atoms with Crippen molar-refractivity contribution in [2.75, 3.05) is 27.2 Å². The minimum atomic E-state index is 0.150. The minimum absolute atomic E-state index is 0.150. The first-order valence-corrected chi connectivity index (χ1v) is 9.51. The zero-order valence-corrected chi connectivity index (χ0v) is 15.8. The summed E-state index contributed by atoms with van der Waals surface area (Å²) in [6, 6.07) is 3.15. The summed E-state index contributed by atoms with van der Waals surface area (Å²) in [4.78, 5) is 2.50. The van der Waals surface area contributed by atoms with Crippen molar-refractivity contribution in [2.45, 2.75) is 63.1 Å². The van der Waals surface area contributed by atoms with Gasteiger partial charge >= 0.3 is 0 Å². The van der Waals surface area contributed by atoms with Crippen molar-refractivity contribution in [2.24, 2.45) is 13.0 Å². The van der Waals surface area contributed by atoms with E-state index in [-0.39, 0.29) is 5.60 Å².